The van der Waals surface area contributed by atoms with Gasteiger partial charge in [-0.15, -0.1) is 0 Å². The summed E-state index contributed by atoms with van der Waals surface area (Å²) >= 11 is 0. The second-order valence-corrected chi connectivity index (χ2v) is 11.8. The number of ether oxygens (including phenoxy) is 2. The highest BCUT2D eigenvalue weighted by atomic mass is 16.5. The van der Waals surface area contributed by atoms with Gasteiger partial charge in [-0.05, 0) is 47.7 Å². The van der Waals surface area contributed by atoms with Crippen molar-refractivity contribution in [2.75, 3.05) is 46.9 Å². The van der Waals surface area contributed by atoms with Crippen molar-refractivity contribution in [3.05, 3.63) is 59.7 Å². The van der Waals surface area contributed by atoms with Gasteiger partial charge >= 0.3 is 0 Å². The zero-order valence-electron chi connectivity index (χ0n) is 24.3. The van der Waals surface area contributed by atoms with E-state index in [9.17, 15) is 14.4 Å². The summed E-state index contributed by atoms with van der Waals surface area (Å²) < 4.78 is 10.8. The number of amides is 3. The number of piperazine rings is 1. The molecule has 2 aromatic carbocycles. The molecule has 0 bridgehead atoms. The zero-order chi connectivity index (χ0) is 28.9. The van der Waals surface area contributed by atoms with Gasteiger partial charge in [-0.25, -0.2) is 0 Å². The molecule has 2 aliphatic rings. The summed E-state index contributed by atoms with van der Waals surface area (Å²) in [5.74, 6) is 0.994. The van der Waals surface area contributed by atoms with E-state index in [0.717, 1.165) is 18.7 Å². The van der Waals surface area contributed by atoms with Crippen molar-refractivity contribution in [1.82, 2.24) is 20.0 Å². The maximum atomic E-state index is 13.9. The van der Waals surface area contributed by atoms with Crippen LogP contribution in [0.3, 0.4) is 0 Å². The van der Waals surface area contributed by atoms with Crippen molar-refractivity contribution >= 4 is 17.7 Å². The van der Waals surface area contributed by atoms with Gasteiger partial charge in [0.05, 0.1) is 20.3 Å². The number of carbonyl (C=O) groups is 3. The number of nitrogens with zero attached hydrogens (tertiary/aromatic N) is 3. The van der Waals surface area contributed by atoms with E-state index in [-0.39, 0.29) is 35.7 Å². The van der Waals surface area contributed by atoms with Crippen LogP contribution in [0, 0.1) is 5.41 Å². The van der Waals surface area contributed by atoms with Gasteiger partial charge in [0, 0.05) is 51.3 Å². The summed E-state index contributed by atoms with van der Waals surface area (Å²) in [5.41, 5.74) is 1.18. The molecule has 9 nitrogen and oxygen atoms in total. The highest BCUT2D eigenvalue weighted by Crippen LogP contribution is 2.31. The lowest BCUT2D eigenvalue weighted by Gasteiger charge is -2.32. The number of hydrogen-bond acceptors (Lipinski definition) is 6. The highest BCUT2D eigenvalue weighted by Gasteiger charge is 2.45. The molecule has 0 spiro atoms. The third-order valence-corrected chi connectivity index (χ3v) is 7.50. The second kappa shape index (κ2) is 12.7. The molecule has 0 aromatic heterocycles. The first-order valence-corrected chi connectivity index (χ1v) is 14.0. The minimum Gasteiger partial charge on any atom is -0.497 e. The Bertz CT molecular complexity index is 1200. The second-order valence-electron chi connectivity index (χ2n) is 11.8. The van der Waals surface area contributed by atoms with Gasteiger partial charge in [-0.1, -0.05) is 39.0 Å². The summed E-state index contributed by atoms with van der Waals surface area (Å²) in [7, 11) is 3.18. The van der Waals surface area contributed by atoms with Gasteiger partial charge in [0.25, 0.3) is 5.91 Å². The van der Waals surface area contributed by atoms with E-state index in [0.29, 0.717) is 49.5 Å². The normalized spacial score (nSPS) is 19.3. The van der Waals surface area contributed by atoms with Crippen LogP contribution in [0.2, 0.25) is 0 Å². The number of rotatable bonds is 8. The first kappa shape index (κ1) is 29.4. The first-order valence-electron chi connectivity index (χ1n) is 14.0. The first-order chi connectivity index (χ1) is 19.1. The number of methoxy groups -OCH3 is 2. The highest BCUT2D eigenvalue weighted by molar-refractivity contribution is 5.98. The molecule has 9 heteroatoms. The standard InChI is InChI=1S/C31H42N4O5/c1-31(2,3)19-28(36)34(20-22-8-6-10-25(16-22)39-4)24-18-27(30(38)33-14-12-32-13-15-33)35(21-24)29(37)23-9-7-11-26(17-23)40-5/h6-11,16-17,24,27,32H,12-15,18-21H2,1-5H3. The molecule has 3 amide bonds. The van der Waals surface area contributed by atoms with Crippen molar-refractivity contribution < 1.29 is 23.9 Å². The molecule has 216 valence electrons. The minimum absolute atomic E-state index is 0.00405. The molecule has 2 fully saturated rings. The summed E-state index contributed by atoms with van der Waals surface area (Å²) in [5, 5.41) is 3.28. The lowest BCUT2D eigenvalue weighted by Crippen LogP contribution is -2.53. The van der Waals surface area contributed by atoms with Gasteiger partial charge in [0.15, 0.2) is 0 Å². The van der Waals surface area contributed by atoms with E-state index in [1.54, 1.807) is 43.4 Å². The van der Waals surface area contributed by atoms with Crippen LogP contribution in [-0.4, -0.2) is 91.4 Å². The molecule has 2 aliphatic heterocycles. The molecule has 1 N–H and O–H groups in total. The SMILES string of the molecule is COc1cccc(CN(C(=O)CC(C)(C)C)C2CC(C(=O)N3CCNCC3)N(C(=O)c3cccc(OC)c3)C2)c1. The third-order valence-electron chi connectivity index (χ3n) is 7.50. The number of carbonyl (C=O) groups excluding carboxylic acids is 3. The Labute approximate surface area is 237 Å². The Hall–Kier alpha value is -3.59. The maximum absolute atomic E-state index is 13.9. The van der Waals surface area contributed by atoms with Crippen molar-refractivity contribution in [3.8, 4) is 11.5 Å². The van der Waals surface area contributed by atoms with Crippen LogP contribution in [-0.2, 0) is 16.1 Å². The Balaban J connectivity index is 1.67. The maximum Gasteiger partial charge on any atom is 0.254 e. The number of likely N-dealkylation sites (tertiary alicyclic amines) is 1. The molecular weight excluding hydrogens is 508 g/mol. The van der Waals surface area contributed by atoms with Crippen LogP contribution in [0.25, 0.3) is 0 Å². The number of benzene rings is 2. The summed E-state index contributed by atoms with van der Waals surface area (Å²) in [4.78, 5) is 46.9. The molecule has 2 saturated heterocycles. The lowest BCUT2D eigenvalue weighted by molar-refractivity contribution is -0.137. The van der Waals surface area contributed by atoms with E-state index >= 15 is 0 Å². The van der Waals surface area contributed by atoms with Crippen LogP contribution >= 0.6 is 0 Å². The predicted molar refractivity (Wildman–Crippen MR) is 153 cm³/mol. The smallest absolute Gasteiger partial charge is 0.254 e. The van der Waals surface area contributed by atoms with Crippen LogP contribution in [0.5, 0.6) is 11.5 Å². The lowest BCUT2D eigenvalue weighted by atomic mass is 9.91. The van der Waals surface area contributed by atoms with E-state index in [4.69, 9.17) is 9.47 Å². The third kappa shape index (κ3) is 7.13. The van der Waals surface area contributed by atoms with Gasteiger partial charge in [0.1, 0.15) is 17.5 Å². The molecule has 2 unspecified atom stereocenters. The molecule has 2 heterocycles. The summed E-state index contributed by atoms with van der Waals surface area (Å²) in [6, 6.07) is 13.7. The van der Waals surface area contributed by atoms with Gasteiger partial charge in [0.2, 0.25) is 11.8 Å². The Morgan fingerprint density at radius 1 is 0.975 bits per heavy atom. The molecule has 0 radical (unpaired) electrons. The molecule has 2 aromatic rings. The van der Waals surface area contributed by atoms with Crippen LogP contribution in [0.1, 0.15) is 49.5 Å². The average molecular weight is 551 g/mol. The van der Waals surface area contributed by atoms with Crippen molar-refractivity contribution in [3.63, 3.8) is 0 Å². The Kier molecular flexibility index (Phi) is 9.35. The van der Waals surface area contributed by atoms with Crippen molar-refractivity contribution in [2.45, 2.75) is 52.2 Å². The summed E-state index contributed by atoms with van der Waals surface area (Å²) in [6.07, 6.45) is 0.742. The fraction of sp³-hybridized carbons (Fsp3) is 0.516. The molecule has 2 atom stereocenters. The average Bonchev–Trinajstić information content (AvgIpc) is 3.39. The molecule has 4 rings (SSSR count). The fourth-order valence-corrected chi connectivity index (χ4v) is 5.46. The molecule has 0 aliphatic carbocycles. The minimum atomic E-state index is -0.656. The zero-order valence-corrected chi connectivity index (χ0v) is 24.3. The Morgan fingerprint density at radius 3 is 2.27 bits per heavy atom. The number of nitrogens with one attached hydrogen (secondary N) is 1. The van der Waals surface area contributed by atoms with E-state index in [1.165, 1.54) is 0 Å². The van der Waals surface area contributed by atoms with Crippen LogP contribution in [0.15, 0.2) is 48.5 Å². The largest absolute Gasteiger partial charge is 0.497 e. The van der Waals surface area contributed by atoms with Crippen molar-refractivity contribution in [2.24, 2.45) is 5.41 Å². The monoisotopic (exact) mass is 550 g/mol. The van der Waals surface area contributed by atoms with Crippen LogP contribution in [0.4, 0.5) is 0 Å². The Morgan fingerprint density at radius 2 is 1.62 bits per heavy atom. The van der Waals surface area contributed by atoms with Gasteiger partial charge < -0.3 is 29.5 Å². The quantitative estimate of drug-likeness (QED) is 0.543. The van der Waals surface area contributed by atoms with Gasteiger partial charge in [-0.3, -0.25) is 14.4 Å². The van der Waals surface area contributed by atoms with E-state index < -0.39 is 6.04 Å². The van der Waals surface area contributed by atoms with Crippen LogP contribution < -0.4 is 14.8 Å². The summed E-state index contributed by atoms with van der Waals surface area (Å²) in [6.45, 7) is 9.39. The van der Waals surface area contributed by atoms with E-state index in [2.05, 4.69) is 5.32 Å². The molecule has 0 saturated carbocycles. The molecule has 40 heavy (non-hydrogen) atoms. The number of hydrogen-bond donors (Lipinski definition) is 1. The van der Waals surface area contributed by atoms with Gasteiger partial charge in [-0.2, -0.15) is 0 Å². The topological polar surface area (TPSA) is 91.4 Å². The van der Waals surface area contributed by atoms with E-state index in [1.807, 2.05) is 54.8 Å². The predicted octanol–water partition coefficient (Wildman–Crippen LogP) is 3.18. The van der Waals surface area contributed by atoms with Crippen molar-refractivity contribution in [1.29, 1.82) is 0 Å². The molecular formula is C31H42N4O5. The fourth-order valence-electron chi connectivity index (χ4n) is 5.46.